The molecule has 0 spiro atoms. The second-order valence-electron chi connectivity index (χ2n) is 3.74. The molecule has 2 aromatic heterocycles. The van der Waals surface area contributed by atoms with Crippen LogP contribution in [-0.4, -0.2) is 16.5 Å². The van der Waals surface area contributed by atoms with Crippen LogP contribution in [0.25, 0.3) is 10.7 Å². The second-order valence-corrected chi connectivity index (χ2v) is 4.82. The lowest BCUT2D eigenvalue weighted by Crippen LogP contribution is -2.01. The van der Waals surface area contributed by atoms with E-state index in [9.17, 15) is 0 Å². The molecule has 0 aliphatic heterocycles. The highest BCUT2D eigenvalue weighted by Gasteiger charge is 2.11. The number of thiazole rings is 1. The van der Waals surface area contributed by atoms with Crippen LogP contribution in [0.15, 0.2) is 18.3 Å². The van der Waals surface area contributed by atoms with Gasteiger partial charge in [0.1, 0.15) is 10.7 Å². The molecule has 16 heavy (non-hydrogen) atoms. The van der Waals surface area contributed by atoms with Crippen molar-refractivity contribution in [3.05, 3.63) is 34.5 Å². The molecule has 3 nitrogen and oxygen atoms in total. The number of hydrogen-bond acceptors (Lipinski definition) is 4. The van der Waals surface area contributed by atoms with Crippen LogP contribution in [0.3, 0.4) is 0 Å². The summed E-state index contributed by atoms with van der Waals surface area (Å²) in [4.78, 5) is 10.2. The summed E-state index contributed by atoms with van der Waals surface area (Å²) in [6, 6.07) is 4.00. The fourth-order valence-corrected chi connectivity index (χ4v) is 2.74. The van der Waals surface area contributed by atoms with E-state index < -0.39 is 0 Å². The minimum Gasteiger partial charge on any atom is -0.330 e. The van der Waals surface area contributed by atoms with Gasteiger partial charge in [0.25, 0.3) is 0 Å². The van der Waals surface area contributed by atoms with Crippen molar-refractivity contribution in [1.82, 2.24) is 9.97 Å². The number of nitrogens with zero attached hydrogens (tertiary/aromatic N) is 2. The van der Waals surface area contributed by atoms with Gasteiger partial charge in [0.2, 0.25) is 0 Å². The molecule has 2 rings (SSSR count). The lowest BCUT2D eigenvalue weighted by Gasteiger charge is -1.98. The zero-order valence-corrected chi connectivity index (χ0v) is 10.3. The van der Waals surface area contributed by atoms with Gasteiger partial charge in [-0.1, -0.05) is 6.07 Å². The van der Waals surface area contributed by atoms with Gasteiger partial charge in [0.15, 0.2) is 0 Å². The van der Waals surface area contributed by atoms with Crippen molar-refractivity contribution >= 4 is 11.3 Å². The maximum atomic E-state index is 5.57. The van der Waals surface area contributed by atoms with Crippen LogP contribution >= 0.6 is 11.3 Å². The SMILES string of the molecule is Cc1cccnc1-c1nc(C)c(CCN)s1. The summed E-state index contributed by atoms with van der Waals surface area (Å²) in [5.74, 6) is 0. The Balaban J connectivity index is 2.42. The highest BCUT2D eigenvalue weighted by Crippen LogP contribution is 2.28. The molecule has 0 aromatic carbocycles. The molecule has 4 heteroatoms. The van der Waals surface area contributed by atoms with Gasteiger partial charge >= 0.3 is 0 Å². The highest BCUT2D eigenvalue weighted by molar-refractivity contribution is 7.15. The molecule has 0 bridgehead atoms. The summed E-state index contributed by atoms with van der Waals surface area (Å²) in [7, 11) is 0. The number of hydrogen-bond donors (Lipinski definition) is 1. The lowest BCUT2D eigenvalue weighted by molar-refractivity contribution is 0.970. The molecule has 0 radical (unpaired) electrons. The summed E-state index contributed by atoms with van der Waals surface area (Å²) in [6.45, 7) is 4.76. The average Bonchev–Trinajstić information content (AvgIpc) is 2.61. The van der Waals surface area contributed by atoms with Crippen molar-refractivity contribution in [2.24, 2.45) is 5.73 Å². The van der Waals surface area contributed by atoms with E-state index >= 15 is 0 Å². The zero-order chi connectivity index (χ0) is 11.5. The van der Waals surface area contributed by atoms with Gasteiger partial charge in [-0.05, 0) is 38.4 Å². The Bertz CT molecular complexity index is 491. The highest BCUT2D eigenvalue weighted by atomic mass is 32.1. The van der Waals surface area contributed by atoms with E-state index in [4.69, 9.17) is 5.73 Å². The van der Waals surface area contributed by atoms with Gasteiger partial charge < -0.3 is 5.73 Å². The standard InChI is InChI=1S/C12H15N3S/c1-8-4-3-7-14-11(8)12-15-9(2)10(16-12)5-6-13/h3-4,7H,5-6,13H2,1-2H3. The maximum Gasteiger partial charge on any atom is 0.142 e. The van der Waals surface area contributed by atoms with E-state index in [1.807, 2.05) is 19.2 Å². The van der Waals surface area contributed by atoms with E-state index in [1.165, 1.54) is 4.88 Å². The summed E-state index contributed by atoms with van der Waals surface area (Å²) >= 11 is 1.70. The van der Waals surface area contributed by atoms with Gasteiger partial charge in [-0.3, -0.25) is 4.98 Å². The van der Waals surface area contributed by atoms with Gasteiger partial charge in [-0.25, -0.2) is 4.98 Å². The van der Waals surface area contributed by atoms with Crippen LogP contribution in [0.4, 0.5) is 0 Å². The minimum atomic E-state index is 0.670. The van der Waals surface area contributed by atoms with Crippen LogP contribution in [-0.2, 0) is 6.42 Å². The van der Waals surface area contributed by atoms with Crippen LogP contribution in [0, 0.1) is 13.8 Å². The first-order valence-electron chi connectivity index (χ1n) is 5.30. The van der Waals surface area contributed by atoms with Gasteiger partial charge in [-0.15, -0.1) is 11.3 Å². The molecule has 2 aromatic rings. The van der Waals surface area contributed by atoms with Crippen LogP contribution < -0.4 is 5.73 Å². The third-order valence-corrected chi connectivity index (χ3v) is 3.70. The minimum absolute atomic E-state index is 0.670. The Labute approximate surface area is 99.4 Å². The van der Waals surface area contributed by atoms with Crippen molar-refractivity contribution in [3.8, 4) is 10.7 Å². The summed E-state index contributed by atoms with van der Waals surface area (Å²) < 4.78 is 0. The molecule has 0 aliphatic rings. The number of pyridine rings is 1. The Morgan fingerprint density at radius 2 is 2.19 bits per heavy atom. The van der Waals surface area contributed by atoms with Crippen molar-refractivity contribution in [2.75, 3.05) is 6.54 Å². The summed E-state index contributed by atoms with van der Waals surface area (Å²) in [5, 5.41) is 0.999. The predicted molar refractivity (Wildman–Crippen MR) is 67.6 cm³/mol. The molecule has 0 saturated heterocycles. The molecule has 0 aliphatic carbocycles. The fourth-order valence-electron chi connectivity index (χ4n) is 1.60. The first-order valence-corrected chi connectivity index (χ1v) is 6.12. The molecule has 2 N–H and O–H groups in total. The number of rotatable bonds is 3. The molecule has 0 amide bonds. The van der Waals surface area contributed by atoms with E-state index in [0.717, 1.165) is 28.4 Å². The maximum absolute atomic E-state index is 5.57. The third-order valence-electron chi connectivity index (χ3n) is 2.48. The van der Waals surface area contributed by atoms with Crippen LogP contribution in [0.2, 0.25) is 0 Å². The van der Waals surface area contributed by atoms with Gasteiger partial charge in [-0.2, -0.15) is 0 Å². The number of aryl methyl sites for hydroxylation is 2. The molecule has 0 atom stereocenters. The molecular weight excluding hydrogens is 218 g/mol. The van der Waals surface area contributed by atoms with Crippen molar-refractivity contribution in [3.63, 3.8) is 0 Å². The first kappa shape index (κ1) is 11.2. The fraction of sp³-hybridized carbons (Fsp3) is 0.333. The topological polar surface area (TPSA) is 51.8 Å². The molecule has 0 saturated carbocycles. The zero-order valence-electron chi connectivity index (χ0n) is 9.53. The first-order chi connectivity index (χ1) is 7.72. The average molecular weight is 233 g/mol. The Morgan fingerprint density at radius 1 is 1.38 bits per heavy atom. The van der Waals surface area contributed by atoms with E-state index in [0.29, 0.717) is 6.54 Å². The predicted octanol–water partition coefficient (Wildman–Crippen LogP) is 2.32. The largest absolute Gasteiger partial charge is 0.330 e. The molecule has 84 valence electrons. The van der Waals surface area contributed by atoms with Gasteiger partial charge in [0.05, 0.1) is 5.69 Å². The Kier molecular flexibility index (Phi) is 3.31. The number of nitrogens with two attached hydrogens (primary N) is 1. The molecule has 2 heterocycles. The third kappa shape index (κ3) is 2.13. The normalized spacial score (nSPS) is 10.7. The van der Waals surface area contributed by atoms with Crippen molar-refractivity contribution in [1.29, 1.82) is 0 Å². The van der Waals surface area contributed by atoms with Gasteiger partial charge in [0, 0.05) is 11.1 Å². The van der Waals surface area contributed by atoms with E-state index in [1.54, 1.807) is 11.3 Å². The monoisotopic (exact) mass is 233 g/mol. The molecule has 0 unspecified atom stereocenters. The Hall–Kier alpha value is -1.26. The molecule has 0 fully saturated rings. The molecular formula is C12H15N3S. The smallest absolute Gasteiger partial charge is 0.142 e. The lowest BCUT2D eigenvalue weighted by atomic mass is 10.2. The van der Waals surface area contributed by atoms with Crippen molar-refractivity contribution < 1.29 is 0 Å². The number of aromatic nitrogens is 2. The Morgan fingerprint density at radius 3 is 2.88 bits per heavy atom. The second kappa shape index (κ2) is 4.72. The van der Waals surface area contributed by atoms with Crippen molar-refractivity contribution in [2.45, 2.75) is 20.3 Å². The summed E-state index contributed by atoms with van der Waals surface area (Å²) in [6.07, 6.45) is 2.71. The van der Waals surface area contributed by atoms with Crippen LogP contribution in [0.1, 0.15) is 16.1 Å². The van der Waals surface area contributed by atoms with E-state index in [-0.39, 0.29) is 0 Å². The van der Waals surface area contributed by atoms with E-state index in [2.05, 4.69) is 23.0 Å². The quantitative estimate of drug-likeness (QED) is 0.885. The summed E-state index contributed by atoms with van der Waals surface area (Å²) in [5.41, 5.74) is 8.80. The van der Waals surface area contributed by atoms with Crippen LogP contribution in [0.5, 0.6) is 0 Å².